The smallest absolute Gasteiger partial charge is 0.342 e. The minimum absolute atomic E-state index is 0.0643. The second-order valence-corrected chi connectivity index (χ2v) is 9.77. The van der Waals surface area contributed by atoms with Gasteiger partial charge in [0.15, 0.2) is 5.78 Å². The summed E-state index contributed by atoms with van der Waals surface area (Å²) in [5.41, 5.74) is 0.348. The number of ether oxygens (including phenoxy) is 2. The first-order chi connectivity index (χ1) is 16.5. The second-order valence-electron chi connectivity index (χ2n) is 9.39. The van der Waals surface area contributed by atoms with Crippen LogP contribution in [0.4, 0.5) is 0 Å². The van der Waals surface area contributed by atoms with E-state index in [1.54, 1.807) is 13.8 Å². The molecule has 3 aromatic rings. The molecule has 0 saturated carbocycles. The Bertz CT molecular complexity index is 1570. The Balaban J connectivity index is 1.89. The summed E-state index contributed by atoms with van der Waals surface area (Å²) in [6.07, 6.45) is -1.16. The summed E-state index contributed by atoms with van der Waals surface area (Å²) in [7, 11) is 0. The van der Waals surface area contributed by atoms with E-state index < -0.39 is 35.2 Å². The number of carbonyl (C=O) groups is 3. The van der Waals surface area contributed by atoms with Crippen molar-refractivity contribution < 1.29 is 39.2 Å². The molecular formula is C26H19ClO8. The van der Waals surface area contributed by atoms with Crippen LogP contribution in [0, 0.1) is 13.8 Å². The number of hydrogen-bond donors (Lipinski definition) is 3. The Morgan fingerprint density at radius 1 is 1.09 bits per heavy atom. The lowest BCUT2D eigenvalue weighted by atomic mass is 9.63. The van der Waals surface area contributed by atoms with Crippen LogP contribution in [0.15, 0.2) is 18.2 Å². The second kappa shape index (κ2) is 6.66. The predicted molar refractivity (Wildman–Crippen MR) is 124 cm³/mol. The number of rotatable bonds is 1. The van der Waals surface area contributed by atoms with Crippen LogP contribution >= 0.6 is 11.6 Å². The minimum Gasteiger partial charge on any atom is -0.508 e. The Morgan fingerprint density at radius 2 is 1.80 bits per heavy atom. The first-order valence-electron chi connectivity index (χ1n) is 10.9. The average Bonchev–Trinajstić information content (AvgIpc) is 2.97. The van der Waals surface area contributed by atoms with E-state index in [-0.39, 0.29) is 51.1 Å². The largest absolute Gasteiger partial charge is 0.508 e. The lowest BCUT2D eigenvalue weighted by Crippen LogP contribution is -2.54. The zero-order chi connectivity index (χ0) is 25.1. The molecule has 0 aromatic heterocycles. The molecule has 9 heteroatoms. The molecule has 8 nitrogen and oxygen atoms in total. The Morgan fingerprint density at radius 3 is 2.49 bits per heavy atom. The van der Waals surface area contributed by atoms with Crippen molar-refractivity contribution in [1.29, 1.82) is 0 Å². The van der Waals surface area contributed by atoms with Crippen LogP contribution in [0.25, 0.3) is 10.8 Å². The molecule has 0 radical (unpaired) electrons. The third-order valence-corrected chi connectivity index (χ3v) is 7.87. The molecule has 0 fully saturated rings. The number of benzene rings is 3. The standard InChI is InChI=1S/C26H19ClO8/c1-8-4-11(29)6-12-14(8)17-18-22(31)15-9(2)5-13(30)16-19(15)26(7-34-25(16)33,24(18)35-10(3)28)20(17)23(32)21(12)27/h4-6,18,24,29-30,32H,7H2,1-3H3. The molecule has 2 aliphatic carbocycles. The molecule has 0 saturated heterocycles. The van der Waals surface area contributed by atoms with Crippen molar-refractivity contribution in [1.82, 2.24) is 0 Å². The van der Waals surface area contributed by atoms with E-state index in [0.29, 0.717) is 27.5 Å². The normalized spacial score (nSPS) is 23.7. The van der Waals surface area contributed by atoms with E-state index in [4.69, 9.17) is 21.1 Å². The number of phenols is 3. The Hall–Kier alpha value is -3.78. The number of hydrogen-bond acceptors (Lipinski definition) is 8. The maximum absolute atomic E-state index is 14.1. The quantitative estimate of drug-likeness (QED) is 0.434. The van der Waals surface area contributed by atoms with Gasteiger partial charge in [0.1, 0.15) is 35.5 Å². The summed E-state index contributed by atoms with van der Waals surface area (Å²) in [4.78, 5) is 39.2. The highest BCUT2D eigenvalue weighted by atomic mass is 35.5. The number of esters is 2. The zero-order valence-electron chi connectivity index (χ0n) is 18.9. The van der Waals surface area contributed by atoms with E-state index in [9.17, 15) is 29.7 Å². The summed E-state index contributed by atoms with van der Waals surface area (Å²) in [6.45, 7) is 4.25. The van der Waals surface area contributed by atoms with Crippen LogP contribution in [0.1, 0.15) is 61.4 Å². The van der Waals surface area contributed by atoms with E-state index >= 15 is 0 Å². The van der Waals surface area contributed by atoms with Gasteiger partial charge in [-0.3, -0.25) is 9.59 Å². The number of ketones is 1. The molecule has 3 aliphatic rings. The predicted octanol–water partition coefficient (Wildman–Crippen LogP) is 3.91. The van der Waals surface area contributed by atoms with Gasteiger partial charge >= 0.3 is 11.9 Å². The fraction of sp³-hybridized carbons (Fsp3) is 0.269. The van der Waals surface area contributed by atoms with Crippen LogP contribution in [-0.4, -0.2) is 45.8 Å². The lowest BCUT2D eigenvalue weighted by Gasteiger charge is -2.44. The molecule has 178 valence electrons. The number of Topliss-reactive ketones (excluding diaryl/α,β-unsaturated/α-hetero) is 1. The van der Waals surface area contributed by atoms with Crippen molar-refractivity contribution >= 4 is 40.1 Å². The molecule has 6 rings (SSSR count). The van der Waals surface area contributed by atoms with Gasteiger partial charge in [-0.2, -0.15) is 0 Å². The molecule has 1 heterocycles. The number of aromatic hydroxyl groups is 3. The third-order valence-electron chi connectivity index (χ3n) is 7.49. The van der Waals surface area contributed by atoms with Crippen molar-refractivity contribution in [2.45, 2.75) is 38.2 Å². The highest BCUT2D eigenvalue weighted by Gasteiger charge is 2.67. The van der Waals surface area contributed by atoms with E-state index in [2.05, 4.69) is 0 Å². The molecule has 1 aliphatic heterocycles. The van der Waals surface area contributed by atoms with Crippen molar-refractivity contribution in [2.75, 3.05) is 6.61 Å². The molecule has 3 aromatic carbocycles. The minimum atomic E-state index is -1.48. The summed E-state index contributed by atoms with van der Waals surface area (Å²) in [5, 5.41) is 33.2. The highest BCUT2D eigenvalue weighted by Crippen LogP contribution is 2.65. The molecule has 3 unspecified atom stereocenters. The molecule has 35 heavy (non-hydrogen) atoms. The lowest BCUT2D eigenvalue weighted by molar-refractivity contribution is -0.150. The first-order valence-corrected chi connectivity index (χ1v) is 11.3. The maximum atomic E-state index is 14.1. The van der Waals surface area contributed by atoms with Crippen molar-refractivity contribution in [3.8, 4) is 17.2 Å². The van der Waals surface area contributed by atoms with Crippen molar-refractivity contribution in [2.24, 2.45) is 0 Å². The van der Waals surface area contributed by atoms with Gasteiger partial charge in [0.2, 0.25) is 0 Å². The topological polar surface area (TPSA) is 130 Å². The number of phenolic OH excluding ortho intramolecular Hbond substituents is 3. The average molecular weight is 495 g/mol. The summed E-state index contributed by atoms with van der Waals surface area (Å²) >= 11 is 6.62. The number of aryl methyl sites for hydroxylation is 2. The van der Waals surface area contributed by atoms with Crippen LogP contribution in [-0.2, 0) is 19.7 Å². The fourth-order valence-electron chi connectivity index (χ4n) is 6.42. The molecule has 3 N–H and O–H groups in total. The number of halogens is 1. The van der Waals surface area contributed by atoms with Crippen molar-refractivity contribution in [3.63, 3.8) is 0 Å². The van der Waals surface area contributed by atoms with E-state index in [0.717, 1.165) is 0 Å². The molecule has 3 atom stereocenters. The molecule has 0 amide bonds. The van der Waals surface area contributed by atoms with Crippen LogP contribution in [0.2, 0.25) is 5.02 Å². The van der Waals surface area contributed by atoms with Gasteiger partial charge in [-0.15, -0.1) is 0 Å². The number of carbonyl (C=O) groups excluding carboxylic acids is 3. The van der Waals surface area contributed by atoms with Crippen LogP contribution < -0.4 is 0 Å². The number of cyclic esters (lactones) is 1. The molecule has 2 bridgehead atoms. The maximum Gasteiger partial charge on any atom is 0.342 e. The number of fused-ring (bicyclic) bond motifs is 5. The van der Waals surface area contributed by atoms with Crippen LogP contribution in [0.5, 0.6) is 17.2 Å². The highest BCUT2D eigenvalue weighted by molar-refractivity contribution is 6.38. The van der Waals surface area contributed by atoms with Gasteiger partial charge in [-0.1, -0.05) is 11.6 Å². The monoisotopic (exact) mass is 494 g/mol. The van der Waals surface area contributed by atoms with Gasteiger partial charge in [0.25, 0.3) is 0 Å². The zero-order valence-corrected chi connectivity index (χ0v) is 19.6. The van der Waals surface area contributed by atoms with Gasteiger partial charge in [-0.25, -0.2) is 4.79 Å². The molecular weight excluding hydrogens is 476 g/mol. The molecule has 1 spiro atoms. The third kappa shape index (κ3) is 2.40. The SMILES string of the molecule is CC(=O)OC1C2C(=O)c3c(C)cc(O)c4c3C1(COC4=O)c1c(O)c(Cl)c3cc(O)cc(C)c3c12. The van der Waals surface area contributed by atoms with Crippen molar-refractivity contribution in [3.05, 3.63) is 62.2 Å². The van der Waals surface area contributed by atoms with Gasteiger partial charge < -0.3 is 24.8 Å². The summed E-state index contributed by atoms with van der Waals surface area (Å²) < 4.78 is 11.3. The summed E-state index contributed by atoms with van der Waals surface area (Å²) in [5.74, 6) is -3.76. The Labute approximate surface area is 203 Å². The summed E-state index contributed by atoms with van der Waals surface area (Å²) in [6, 6.07) is 4.24. The van der Waals surface area contributed by atoms with Gasteiger partial charge in [-0.05, 0) is 59.7 Å². The fourth-order valence-corrected chi connectivity index (χ4v) is 6.66. The van der Waals surface area contributed by atoms with Gasteiger partial charge in [0.05, 0.1) is 16.4 Å². The Kier molecular flexibility index (Phi) is 4.14. The van der Waals surface area contributed by atoms with E-state index in [1.807, 2.05) is 0 Å². The van der Waals surface area contributed by atoms with E-state index in [1.165, 1.54) is 25.1 Å². The van der Waals surface area contributed by atoms with Gasteiger partial charge in [0, 0.05) is 23.4 Å². The first kappa shape index (κ1) is 21.7. The van der Waals surface area contributed by atoms with Crippen LogP contribution in [0.3, 0.4) is 0 Å².